The van der Waals surface area contributed by atoms with Crippen LogP contribution in [0.15, 0.2) is 34.9 Å². The minimum Gasteiger partial charge on any atom is -0.464 e. The minimum absolute atomic E-state index is 0.484. The van der Waals surface area contributed by atoms with E-state index in [9.17, 15) is 0 Å². The van der Waals surface area contributed by atoms with E-state index in [-0.39, 0.29) is 0 Å². The molecule has 0 spiro atoms. The lowest BCUT2D eigenvalue weighted by Gasteiger charge is -2.23. The lowest BCUT2D eigenvalue weighted by Crippen LogP contribution is -2.41. The Morgan fingerprint density at radius 1 is 1.29 bits per heavy atom. The molecule has 2 aromatic rings. The molecule has 0 radical (unpaired) electrons. The van der Waals surface area contributed by atoms with Gasteiger partial charge < -0.3 is 14.5 Å². The fraction of sp³-hybridized carbons (Fsp3) is 0.429. The number of rotatable bonds is 3. The molecule has 3 nitrogen and oxygen atoms in total. The van der Waals surface area contributed by atoms with E-state index in [0.717, 1.165) is 38.2 Å². The first-order valence-electron chi connectivity index (χ1n) is 6.20. The number of hydrogen-bond acceptors (Lipinski definition) is 3. The van der Waals surface area contributed by atoms with Gasteiger partial charge in [0.05, 0.1) is 19.5 Å². The first kappa shape index (κ1) is 10.8. The van der Waals surface area contributed by atoms with Crippen LogP contribution >= 0.6 is 0 Å². The third kappa shape index (κ3) is 2.35. The van der Waals surface area contributed by atoms with Crippen LogP contribution in [0.5, 0.6) is 0 Å². The molecule has 3 heteroatoms. The Morgan fingerprint density at radius 2 is 2.24 bits per heavy atom. The molecule has 3 rings (SSSR count). The van der Waals surface area contributed by atoms with Gasteiger partial charge in [0.15, 0.2) is 0 Å². The van der Waals surface area contributed by atoms with E-state index in [1.807, 2.05) is 18.4 Å². The summed E-state index contributed by atoms with van der Waals surface area (Å²) in [5.41, 5.74) is 2.28. The monoisotopic (exact) mass is 231 g/mol. The highest BCUT2D eigenvalue weighted by molar-refractivity contribution is 5.80. The molecule has 1 atom stereocenters. The van der Waals surface area contributed by atoms with Gasteiger partial charge in [-0.2, -0.15) is 0 Å². The van der Waals surface area contributed by atoms with E-state index in [0.29, 0.717) is 6.04 Å². The third-order valence-electron chi connectivity index (χ3n) is 3.32. The maximum absolute atomic E-state index is 5.54. The molecule has 0 aliphatic carbocycles. The van der Waals surface area contributed by atoms with Crippen LogP contribution in [0.3, 0.4) is 0 Å². The van der Waals surface area contributed by atoms with Crippen molar-refractivity contribution in [3.8, 4) is 0 Å². The maximum Gasteiger partial charge on any atom is 0.134 e. The van der Waals surface area contributed by atoms with Crippen LogP contribution in [0, 0.1) is 0 Å². The predicted octanol–water partition coefficient (Wildman–Crippen LogP) is 2.35. The van der Waals surface area contributed by atoms with Gasteiger partial charge in [-0.05, 0) is 24.5 Å². The second-order valence-electron chi connectivity index (χ2n) is 4.52. The molecule has 1 aliphatic rings. The molecular formula is C14H17NO2. The predicted molar refractivity (Wildman–Crippen MR) is 67.1 cm³/mol. The average Bonchev–Trinajstić information content (AvgIpc) is 2.81. The highest BCUT2D eigenvalue weighted by atomic mass is 16.5. The Hall–Kier alpha value is -1.32. The maximum atomic E-state index is 5.54. The van der Waals surface area contributed by atoms with Gasteiger partial charge in [-0.15, -0.1) is 0 Å². The summed E-state index contributed by atoms with van der Waals surface area (Å²) in [6, 6.07) is 8.69. The number of morpholine rings is 1. The van der Waals surface area contributed by atoms with Gasteiger partial charge >= 0.3 is 0 Å². The summed E-state index contributed by atoms with van der Waals surface area (Å²) in [5, 5.41) is 4.71. The highest BCUT2D eigenvalue weighted by Gasteiger charge is 2.14. The number of ether oxygens (including phenoxy) is 1. The van der Waals surface area contributed by atoms with Gasteiger partial charge in [-0.1, -0.05) is 18.2 Å². The SMILES string of the molecule is c1ccc2c(CCC3COCCN3)coc2c1. The number of hydrogen-bond donors (Lipinski definition) is 1. The van der Waals surface area contributed by atoms with Gasteiger partial charge in [0.1, 0.15) is 5.58 Å². The lowest BCUT2D eigenvalue weighted by atomic mass is 10.0. The number of benzene rings is 1. The second-order valence-corrected chi connectivity index (χ2v) is 4.52. The van der Waals surface area contributed by atoms with Crippen molar-refractivity contribution in [1.29, 1.82) is 0 Å². The summed E-state index contributed by atoms with van der Waals surface area (Å²) < 4.78 is 11.0. The third-order valence-corrected chi connectivity index (χ3v) is 3.32. The van der Waals surface area contributed by atoms with Crippen LogP contribution < -0.4 is 5.32 Å². The molecule has 1 fully saturated rings. The van der Waals surface area contributed by atoms with E-state index in [2.05, 4.69) is 17.4 Å². The fourth-order valence-corrected chi connectivity index (χ4v) is 2.36. The lowest BCUT2D eigenvalue weighted by molar-refractivity contribution is 0.0743. The summed E-state index contributed by atoms with van der Waals surface area (Å²) in [6.07, 6.45) is 4.02. The average molecular weight is 231 g/mol. The number of furan rings is 1. The van der Waals surface area contributed by atoms with Gasteiger partial charge in [0.25, 0.3) is 0 Å². The summed E-state index contributed by atoms with van der Waals surface area (Å²) >= 11 is 0. The van der Waals surface area contributed by atoms with Crippen LogP contribution in [-0.2, 0) is 11.2 Å². The summed E-state index contributed by atoms with van der Waals surface area (Å²) in [7, 11) is 0. The zero-order valence-electron chi connectivity index (χ0n) is 9.82. The standard InChI is InChI=1S/C14H17NO2/c1-2-4-14-13(3-1)11(9-17-14)5-6-12-10-16-8-7-15-12/h1-4,9,12,15H,5-8,10H2. The Balaban J connectivity index is 1.68. The molecule has 1 aromatic heterocycles. The second kappa shape index (κ2) is 4.90. The molecule has 1 aromatic carbocycles. The molecule has 2 heterocycles. The number of nitrogens with one attached hydrogen (secondary N) is 1. The summed E-state index contributed by atoms with van der Waals surface area (Å²) in [6.45, 7) is 2.64. The first-order chi connectivity index (χ1) is 8.43. The van der Waals surface area contributed by atoms with Crippen molar-refractivity contribution in [2.45, 2.75) is 18.9 Å². The van der Waals surface area contributed by atoms with E-state index in [4.69, 9.17) is 9.15 Å². The first-order valence-corrected chi connectivity index (χ1v) is 6.20. The largest absolute Gasteiger partial charge is 0.464 e. The zero-order chi connectivity index (χ0) is 11.5. The van der Waals surface area contributed by atoms with E-state index in [1.165, 1.54) is 10.9 Å². The molecule has 0 amide bonds. The number of fused-ring (bicyclic) bond motifs is 1. The van der Waals surface area contributed by atoms with Gasteiger partial charge in [0.2, 0.25) is 0 Å². The Kier molecular flexibility index (Phi) is 3.12. The van der Waals surface area contributed by atoms with Crippen molar-refractivity contribution in [3.63, 3.8) is 0 Å². The molecule has 1 N–H and O–H groups in total. The van der Waals surface area contributed by atoms with Crippen molar-refractivity contribution >= 4 is 11.0 Å². The zero-order valence-corrected chi connectivity index (χ0v) is 9.82. The van der Waals surface area contributed by atoms with Gasteiger partial charge in [-0.25, -0.2) is 0 Å². The molecule has 1 unspecified atom stereocenters. The number of aryl methyl sites for hydroxylation is 1. The normalized spacial score (nSPS) is 20.8. The highest BCUT2D eigenvalue weighted by Crippen LogP contribution is 2.22. The molecule has 0 saturated carbocycles. The topological polar surface area (TPSA) is 34.4 Å². The van der Waals surface area contributed by atoms with Crippen molar-refractivity contribution < 1.29 is 9.15 Å². The van der Waals surface area contributed by atoms with Crippen molar-refractivity contribution in [2.75, 3.05) is 19.8 Å². The van der Waals surface area contributed by atoms with E-state index in [1.54, 1.807) is 0 Å². The van der Waals surface area contributed by atoms with Gasteiger partial charge in [0, 0.05) is 18.0 Å². The Morgan fingerprint density at radius 3 is 3.12 bits per heavy atom. The van der Waals surface area contributed by atoms with E-state index < -0.39 is 0 Å². The van der Waals surface area contributed by atoms with Gasteiger partial charge in [-0.3, -0.25) is 0 Å². The van der Waals surface area contributed by atoms with Crippen molar-refractivity contribution in [2.24, 2.45) is 0 Å². The van der Waals surface area contributed by atoms with Crippen LogP contribution in [0.1, 0.15) is 12.0 Å². The summed E-state index contributed by atoms with van der Waals surface area (Å²) in [4.78, 5) is 0. The van der Waals surface area contributed by atoms with Crippen LogP contribution in [-0.4, -0.2) is 25.8 Å². The Labute approximate surface area is 101 Å². The Bertz CT molecular complexity index is 486. The van der Waals surface area contributed by atoms with Crippen molar-refractivity contribution in [3.05, 3.63) is 36.1 Å². The van der Waals surface area contributed by atoms with Crippen LogP contribution in [0.25, 0.3) is 11.0 Å². The molecular weight excluding hydrogens is 214 g/mol. The molecule has 1 saturated heterocycles. The molecule has 17 heavy (non-hydrogen) atoms. The smallest absolute Gasteiger partial charge is 0.134 e. The summed E-state index contributed by atoms with van der Waals surface area (Å²) in [5.74, 6) is 0. The molecule has 90 valence electrons. The van der Waals surface area contributed by atoms with Crippen molar-refractivity contribution in [1.82, 2.24) is 5.32 Å². The van der Waals surface area contributed by atoms with E-state index >= 15 is 0 Å². The molecule has 0 bridgehead atoms. The quantitative estimate of drug-likeness (QED) is 0.880. The number of para-hydroxylation sites is 1. The van der Waals surface area contributed by atoms with Crippen LogP contribution in [0.4, 0.5) is 0 Å². The fourth-order valence-electron chi connectivity index (χ4n) is 2.36. The minimum atomic E-state index is 0.484. The van der Waals surface area contributed by atoms with Crippen LogP contribution in [0.2, 0.25) is 0 Å². The molecule has 1 aliphatic heterocycles.